The van der Waals surface area contributed by atoms with Crippen molar-refractivity contribution in [2.24, 2.45) is 0 Å². The Morgan fingerprint density at radius 2 is 1.85 bits per heavy atom. The van der Waals surface area contributed by atoms with Crippen molar-refractivity contribution in [1.82, 2.24) is 0 Å². The minimum absolute atomic E-state index is 0.176. The standard InChI is InChI=1S/C16H11Br2NO/c1-10-5-6-13(18)8-14(10)16(20)15(9-19)11-3-2-4-12(17)7-11/h2-8,15H,1H3. The van der Waals surface area contributed by atoms with Crippen LogP contribution in [0.25, 0.3) is 0 Å². The highest BCUT2D eigenvalue weighted by Gasteiger charge is 2.23. The molecule has 0 aliphatic heterocycles. The van der Waals surface area contributed by atoms with Crippen molar-refractivity contribution in [3.8, 4) is 6.07 Å². The summed E-state index contributed by atoms with van der Waals surface area (Å²) in [6.07, 6.45) is 0. The first-order valence-corrected chi connectivity index (χ1v) is 7.57. The van der Waals surface area contributed by atoms with E-state index < -0.39 is 5.92 Å². The fraction of sp³-hybridized carbons (Fsp3) is 0.125. The van der Waals surface area contributed by atoms with Gasteiger partial charge in [-0.15, -0.1) is 0 Å². The Kier molecular flexibility index (Phi) is 4.74. The van der Waals surface area contributed by atoms with Gasteiger partial charge in [0.15, 0.2) is 5.78 Å². The van der Waals surface area contributed by atoms with Crippen LogP contribution in [-0.2, 0) is 0 Å². The SMILES string of the molecule is Cc1ccc(Br)cc1C(=O)C(C#N)c1cccc(Br)c1. The maximum atomic E-state index is 12.6. The summed E-state index contributed by atoms with van der Waals surface area (Å²) >= 11 is 6.72. The predicted molar refractivity (Wildman–Crippen MR) is 85.7 cm³/mol. The number of carbonyl (C=O) groups is 1. The highest BCUT2D eigenvalue weighted by molar-refractivity contribution is 9.10. The summed E-state index contributed by atoms with van der Waals surface area (Å²) in [7, 11) is 0. The van der Waals surface area contributed by atoms with Gasteiger partial charge in [-0.1, -0.05) is 50.1 Å². The van der Waals surface area contributed by atoms with Crippen molar-refractivity contribution >= 4 is 37.6 Å². The predicted octanol–water partition coefficient (Wildman–Crippen LogP) is 5.01. The molecular formula is C16H11Br2NO. The topological polar surface area (TPSA) is 40.9 Å². The second-order valence-corrected chi connectivity index (χ2v) is 6.27. The van der Waals surface area contributed by atoms with Crippen LogP contribution in [0.5, 0.6) is 0 Å². The minimum Gasteiger partial charge on any atom is -0.292 e. The van der Waals surface area contributed by atoms with Gasteiger partial charge in [-0.2, -0.15) is 5.26 Å². The summed E-state index contributed by atoms with van der Waals surface area (Å²) in [6, 6.07) is 14.9. The number of hydrogen-bond donors (Lipinski definition) is 0. The molecule has 20 heavy (non-hydrogen) atoms. The summed E-state index contributed by atoms with van der Waals surface area (Å²) in [6.45, 7) is 1.87. The van der Waals surface area contributed by atoms with Gasteiger partial charge in [-0.05, 0) is 42.3 Å². The third-order valence-electron chi connectivity index (χ3n) is 3.04. The molecule has 0 radical (unpaired) electrons. The van der Waals surface area contributed by atoms with Crippen LogP contribution in [0.2, 0.25) is 0 Å². The molecule has 0 bridgehead atoms. The summed E-state index contributed by atoms with van der Waals surface area (Å²) in [5.41, 5.74) is 2.14. The van der Waals surface area contributed by atoms with Crippen molar-refractivity contribution < 1.29 is 4.79 Å². The lowest BCUT2D eigenvalue weighted by molar-refractivity contribution is 0.0978. The maximum Gasteiger partial charge on any atom is 0.184 e. The first-order valence-electron chi connectivity index (χ1n) is 5.98. The van der Waals surface area contributed by atoms with Gasteiger partial charge in [-0.25, -0.2) is 0 Å². The van der Waals surface area contributed by atoms with E-state index in [4.69, 9.17) is 0 Å². The number of benzene rings is 2. The van der Waals surface area contributed by atoms with Gasteiger partial charge in [0.2, 0.25) is 0 Å². The molecule has 0 N–H and O–H groups in total. The fourth-order valence-corrected chi connectivity index (χ4v) is 2.76. The number of nitriles is 1. The number of carbonyl (C=O) groups excluding carboxylic acids is 1. The van der Waals surface area contributed by atoms with Gasteiger partial charge in [0.1, 0.15) is 5.92 Å². The highest BCUT2D eigenvalue weighted by Crippen LogP contribution is 2.26. The van der Waals surface area contributed by atoms with Crippen molar-refractivity contribution in [3.05, 3.63) is 68.1 Å². The third-order valence-corrected chi connectivity index (χ3v) is 4.02. The summed E-state index contributed by atoms with van der Waals surface area (Å²) in [4.78, 5) is 12.6. The second kappa shape index (κ2) is 6.34. The van der Waals surface area contributed by atoms with Crippen molar-refractivity contribution in [2.75, 3.05) is 0 Å². The summed E-state index contributed by atoms with van der Waals surface area (Å²) in [5, 5.41) is 9.36. The van der Waals surface area contributed by atoms with E-state index in [9.17, 15) is 10.1 Å². The van der Waals surface area contributed by atoms with E-state index in [1.807, 2.05) is 31.2 Å². The molecule has 0 aliphatic carbocycles. The zero-order valence-electron chi connectivity index (χ0n) is 10.7. The molecule has 0 fully saturated rings. The van der Waals surface area contributed by atoms with E-state index in [-0.39, 0.29) is 5.78 Å². The Labute approximate surface area is 134 Å². The first kappa shape index (κ1) is 15.0. The number of aryl methyl sites for hydroxylation is 1. The molecule has 2 aromatic rings. The smallest absolute Gasteiger partial charge is 0.184 e. The third kappa shape index (κ3) is 3.17. The van der Waals surface area contributed by atoms with Crippen LogP contribution in [0.1, 0.15) is 27.4 Å². The monoisotopic (exact) mass is 391 g/mol. The lowest BCUT2D eigenvalue weighted by Gasteiger charge is -2.11. The van der Waals surface area contributed by atoms with Gasteiger partial charge in [0.05, 0.1) is 6.07 Å². The normalized spacial score (nSPS) is 11.7. The molecule has 0 saturated heterocycles. The molecule has 1 unspecified atom stereocenters. The van der Waals surface area contributed by atoms with Crippen molar-refractivity contribution in [2.45, 2.75) is 12.8 Å². The molecular weight excluding hydrogens is 382 g/mol. The molecule has 0 aliphatic rings. The number of ketones is 1. The molecule has 0 saturated carbocycles. The molecule has 100 valence electrons. The molecule has 0 amide bonds. The van der Waals surface area contributed by atoms with Crippen LogP contribution in [-0.4, -0.2) is 5.78 Å². The molecule has 2 rings (SSSR count). The lowest BCUT2D eigenvalue weighted by Crippen LogP contribution is -2.12. The van der Waals surface area contributed by atoms with Gasteiger partial charge >= 0.3 is 0 Å². The number of hydrogen-bond acceptors (Lipinski definition) is 2. The molecule has 1 atom stereocenters. The number of Topliss-reactive ketones (excluding diaryl/α,β-unsaturated/α-hetero) is 1. The van der Waals surface area contributed by atoms with Gasteiger partial charge in [0.25, 0.3) is 0 Å². The largest absolute Gasteiger partial charge is 0.292 e. The van der Waals surface area contributed by atoms with Crippen molar-refractivity contribution in [3.63, 3.8) is 0 Å². The van der Waals surface area contributed by atoms with Crippen LogP contribution in [0.15, 0.2) is 51.4 Å². The minimum atomic E-state index is -0.791. The van der Waals surface area contributed by atoms with E-state index in [0.29, 0.717) is 11.1 Å². The molecule has 2 aromatic carbocycles. The molecule has 0 aromatic heterocycles. The van der Waals surface area contributed by atoms with E-state index in [0.717, 1.165) is 14.5 Å². The Hall–Kier alpha value is -1.44. The molecule has 0 heterocycles. The van der Waals surface area contributed by atoms with E-state index in [1.54, 1.807) is 18.2 Å². The Morgan fingerprint density at radius 1 is 1.15 bits per heavy atom. The quantitative estimate of drug-likeness (QED) is 0.688. The van der Waals surface area contributed by atoms with E-state index >= 15 is 0 Å². The second-order valence-electron chi connectivity index (χ2n) is 4.44. The highest BCUT2D eigenvalue weighted by atomic mass is 79.9. The molecule has 2 nitrogen and oxygen atoms in total. The van der Waals surface area contributed by atoms with Crippen LogP contribution >= 0.6 is 31.9 Å². The van der Waals surface area contributed by atoms with E-state index in [1.165, 1.54) is 0 Å². The molecule has 0 spiro atoms. The number of rotatable bonds is 3. The van der Waals surface area contributed by atoms with Crippen LogP contribution in [0.4, 0.5) is 0 Å². The Balaban J connectivity index is 2.45. The average molecular weight is 393 g/mol. The Bertz CT molecular complexity index is 704. The molecule has 4 heteroatoms. The average Bonchev–Trinajstić information content (AvgIpc) is 2.42. The van der Waals surface area contributed by atoms with Gasteiger partial charge < -0.3 is 0 Å². The van der Waals surface area contributed by atoms with Gasteiger partial charge in [0, 0.05) is 14.5 Å². The number of nitrogens with zero attached hydrogens (tertiary/aromatic N) is 1. The Morgan fingerprint density at radius 3 is 2.50 bits per heavy atom. The summed E-state index contributed by atoms with van der Waals surface area (Å²) < 4.78 is 1.69. The van der Waals surface area contributed by atoms with E-state index in [2.05, 4.69) is 37.9 Å². The van der Waals surface area contributed by atoms with Gasteiger partial charge in [-0.3, -0.25) is 4.79 Å². The summed E-state index contributed by atoms with van der Waals surface area (Å²) in [5.74, 6) is -0.968. The zero-order valence-corrected chi connectivity index (χ0v) is 13.9. The first-order chi connectivity index (χ1) is 9.52. The van der Waals surface area contributed by atoms with Crippen LogP contribution in [0.3, 0.4) is 0 Å². The van der Waals surface area contributed by atoms with Crippen LogP contribution < -0.4 is 0 Å². The number of halogens is 2. The lowest BCUT2D eigenvalue weighted by atomic mass is 9.90. The zero-order chi connectivity index (χ0) is 14.7. The van der Waals surface area contributed by atoms with Crippen molar-refractivity contribution in [1.29, 1.82) is 5.26 Å². The maximum absolute atomic E-state index is 12.6. The fourth-order valence-electron chi connectivity index (χ4n) is 1.99. The van der Waals surface area contributed by atoms with Crippen LogP contribution in [0, 0.1) is 18.3 Å².